The molecule has 0 amide bonds. The van der Waals surface area contributed by atoms with Gasteiger partial charge in [-0.25, -0.2) is 9.37 Å². The summed E-state index contributed by atoms with van der Waals surface area (Å²) >= 11 is 0. The fraction of sp³-hybridized carbons (Fsp3) is 0.438. The number of aromatic nitrogens is 2. The van der Waals surface area contributed by atoms with Crippen molar-refractivity contribution in [1.82, 2.24) is 14.9 Å². The number of aryl methyl sites for hydroxylation is 1. The second-order valence-electron chi connectivity index (χ2n) is 5.50. The molecular weight excluding hydrogens is 253 g/mol. The van der Waals surface area contributed by atoms with E-state index in [1.807, 2.05) is 30.5 Å². The molecule has 20 heavy (non-hydrogen) atoms. The summed E-state index contributed by atoms with van der Waals surface area (Å²) in [6, 6.07) is 5.73. The summed E-state index contributed by atoms with van der Waals surface area (Å²) in [4.78, 5) is 4.25. The summed E-state index contributed by atoms with van der Waals surface area (Å²) in [5.74, 6) is -0.163. The monoisotopic (exact) mass is 275 g/mol. The molecule has 0 aliphatic rings. The van der Waals surface area contributed by atoms with Gasteiger partial charge < -0.3 is 9.88 Å². The van der Waals surface area contributed by atoms with E-state index in [9.17, 15) is 4.39 Å². The molecular formula is C16H22FN3. The Morgan fingerprint density at radius 2 is 2.05 bits per heavy atom. The SMILES string of the molecule is Cc1ncn(Cc2cc(CNC(C)C)ccc2F)c1C. The standard InChI is InChI=1S/C16H22FN3/c1-11(2)18-8-14-5-6-16(17)15(7-14)9-20-10-19-12(3)13(20)4/h5-7,10-11,18H,8-9H2,1-4H3. The largest absolute Gasteiger partial charge is 0.330 e. The Labute approximate surface area is 119 Å². The van der Waals surface area contributed by atoms with Gasteiger partial charge in [0.25, 0.3) is 0 Å². The number of nitrogens with one attached hydrogen (secondary N) is 1. The number of imidazole rings is 1. The van der Waals surface area contributed by atoms with Crippen molar-refractivity contribution in [2.24, 2.45) is 0 Å². The Kier molecular flexibility index (Phi) is 4.55. The molecule has 0 aliphatic heterocycles. The maximum Gasteiger partial charge on any atom is 0.128 e. The van der Waals surface area contributed by atoms with E-state index >= 15 is 0 Å². The lowest BCUT2D eigenvalue weighted by Crippen LogP contribution is -2.22. The van der Waals surface area contributed by atoms with Gasteiger partial charge >= 0.3 is 0 Å². The van der Waals surface area contributed by atoms with Crippen LogP contribution in [0.5, 0.6) is 0 Å². The highest BCUT2D eigenvalue weighted by Crippen LogP contribution is 2.14. The third kappa shape index (κ3) is 3.45. The highest BCUT2D eigenvalue weighted by Gasteiger charge is 2.08. The van der Waals surface area contributed by atoms with Crippen LogP contribution >= 0.6 is 0 Å². The van der Waals surface area contributed by atoms with E-state index in [2.05, 4.69) is 24.1 Å². The average Bonchev–Trinajstić information content (AvgIpc) is 2.71. The van der Waals surface area contributed by atoms with Gasteiger partial charge in [-0.2, -0.15) is 0 Å². The molecule has 0 fully saturated rings. The van der Waals surface area contributed by atoms with Gasteiger partial charge in [0.2, 0.25) is 0 Å². The molecule has 1 heterocycles. The zero-order valence-electron chi connectivity index (χ0n) is 12.6. The molecule has 1 aromatic heterocycles. The number of nitrogens with zero attached hydrogens (tertiary/aromatic N) is 2. The predicted molar refractivity (Wildman–Crippen MR) is 79.2 cm³/mol. The molecule has 108 valence electrons. The van der Waals surface area contributed by atoms with Crippen molar-refractivity contribution < 1.29 is 4.39 Å². The maximum atomic E-state index is 13.9. The van der Waals surface area contributed by atoms with Crippen LogP contribution in [0.3, 0.4) is 0 Å². The third-order valence-electron chi connectivity index (χ3n) is 3.51. The van der Waals surface area contributed by atoms with Crippen LogP contribution in [-0.4, -0.2) is 15.6 Å². The number of halogens is 1. The van der Waals surface area contributed by atoms with Crippen LogP contribution in [0.2, 0.25) is 0 Å². The van der Waals surface area contributed by atoms with E-state index in [0.717, 1.165) is 23.5 Å². The van der Waals surface area contributed by atoms with E-state index in [0.29, 0.717) is 18.2 Å². The maximum absolute atomic E-state index is 13.9. The Morgan fingerprint density at radius 3 is 2.65 bits per heavy atom. The van der Waals surface area contributed by atoms with Crippen LogP contribution in [0.4, 0.5) is 4.39 Å². The molecule has 0 radical (unpaired) electrons. The molecule has 0 saturated heterocycles. The molecule has 2 rings (SSSR count). The van der Waals surface area contributed by atoms with Crippen LogP contribution < -0.4 is 5.32 Å². The predicted octanol–water partition coefficient (Wildman–Crippen LogP) is 3.19. The minimum absolute atomic E-state index is 0.163. The highest BCUT2D eigenvalue weighted by atomic mass is 19.1. The van der Waals surface area contributed by atoms with E-state index in [1.54, 1.807) is 12.4 Å². The Bertz CT molecular complexity index is 587. The smallest absolute Gasteiger partial charge is 0.128 e. The molecule has 0 spiro atoms. The third-order valence-corrected chi connectivity index (χ3v) is 3.51. The lowest BCUT2D eigenvalue weighted by atomic mass is 10.1. The van der Waals surface area contributed by atoms with Crippen LogP contribution in [0.1, 0.15) is 36.4 Å². The first-order valence-electron chi connectivity index (χ1n) is 6.96. The first-order chi connectivity index (χ1) is 9.47. The van der Waals surface area contributed by atoms with E-state index < -0.39 is 0 Å². The summed E-state index contributed by atoms with van der Waals surface area (Å²) in [6.45, 7) is 9.45. The van der Waals surface area contributed by atoms with Crippen molar-refractivity contribution in [3.8, 4) is 0 Å². The molecule has 3 nitrogen and oxygen atoms in total. The van der Waals surface area contributed by atoms with Gasteiger partial charge in [0, 0.05) is 23.8 Å². The fourth-order valence-electron chi connectivity index (χ4n) is 2.07. The average molecular weight is 275 g/mol. The second kappa shape index (κ2) is 6.18. The highest BCUT2D eigenvalue weighted by molar-refractivity contribution is 5.26. The summed E-state index contributed by atoms with van der Waals surface area (Å²) in [5.41, 5.74) is 3.87. The van der Waals surface area contributed by atoms with Crippen LogP contribution in [0.15, 0.2) is 24.5 Å². The second-order valence-corrected chi connectivity index (χ2v) is 5.50. The van der Waals surface area contributed by atoms with Crippen molar-refractivity contribution >= 4 is 0 Å². The first-order valence-corrected chi connectivity index (χ1v) is 6.96. The van der Waals surface area contributed by atoms with Crippen LogP contribution in [0.25, 0.3) is 0 Å². The molecule has 1 N–H and O–H groups in total. The van der Waals surface area contributed by atoms with Crippen molar-refractivity contribution in [1.29, 1.82) is 0 Å². The van der Waals surface area contributed by atoms with Gasteiger partial charge in [-0.15, -0.1) is 0 Å². The molecule has 4 heteroatoms. The minimum Gasteiger partial charge on any atom is -0.330 e. The van der Waals surface area contributed by atoms with Crippen molar-refractivity contribution in [3.05, 3.63) is 52.9 Å². The zero-order valence-corrected chi connectivity index (χ0v) is 12.6. The Morgan fingerprint density at radius 1 is 1.30 bits per heavy atom. The summed E-state index contributed by atoms with van der Waals surface area (Å²) < 4.78 is 15.9. The topological polar surface area (TPSA) is 29.9 Å². The lowest BCUT2D eigenvalue weighted by Gasteiger charge is -2.11. The molecule has 0 unspecified atom stereocenters. The Balaban J connectivity index is 2.18. The number of benzene rings is 1. The first kappa shape index (κ1) is 14.7. The molecule has 2 aromatic rings. The fourth-order valence-corrected chi connectivity index (χ4v) is 2.07. The van der Waals surface area contributed by atoms with Crippen molar-refractivity contribution in [2.45, 2.75) is 46.8 Å². The van der Waals surface area contributed by atoms with Crippen molar-refractivity contribution in [3.63, 3.8) is 0 Å². The number of rotatable bonds is 5. The zero-order chi connectivity index (χ0) is 14.7. The normalized spacial score (nSPS) is 11.3. The van der Waals surface area contributed by atoms with Gasteiger partial charge in [0.1, 0.15) is 5.82 Å². The molecule has 0 saturated carbocycles. The molecule has 1 aromatic carbocycles. The van der Waals surface area contributed by atoms with E-state index in [-0.39, 0.29) is 5.82 Å². The van der Waals surface area contributed by atoms with Gasteiger partial charge in [0.15, 0.2) is 0 Å². The lowest BCUT2D eigenvalue weighted by molar-refractivity contribution is 0.579. The van der Waals surface area contributed by atoms with E-state index in [4.69, 9.17) is 0 Å². The van der Waals surface area contributed by atoms with E-state index in [1.165, 1.54) is 0 Å². The van der Waals surface area contributed by atoms with Crippen LogP contribution in [0, 0.1) is 19.7 Å². The van der Waals surface area contributed by atoms with Gasteiger partial charge in [-0.3, -0.25) is 0 Å². The quantitative estimate of drug-likeness (QED) is 0.908. The van der Waals surface area contributed by atoms with Gasteiger partial charge in [0.05, 0.1) is 18.6 Å². The number of hydrogen-bond donors (Lipinski definition) is 1. The Hall–Kier alpha value is -1.68. The summed E-state index contributed by atoms with van der Waals surface area (Å²) in [6.07, 6.45) is 1.77. The molecule has 0 aliphatic carbocycles. The van der Waals surface area contributed by atoms with Gasteiger partial charge in [-0.05, 0) is 31.5 Å². The summed E-state index contributed by atoms with van der Waals surface area (Å²) in [5, 5.41) is 3.35. The molecule has 0 bridgehead atoms. The molecule has 0 atom stereocenters. The van der Waals surface area contributed by atoms with Crippen LogP contribution in [-0.2, 0) is 13.1 Å². The number of hydrogen-bond acceptors (Lipinski definition) is 2. The van der Waals surface area contributed by atoms with Crippen molar-refractivity contribution in [2.75, 3.05) is 0 Å². The van der Waals surface area contributed by atoms with Gasteiger partial charge in [-0.1, -0.05) is 19.9 Å². The minimum atomic E-state index is -0.163. The summed E-state index contributed by atoms with van der Waals surface area (Å²) in [7, 11) is 0.